The van der Waals surface area contributed by atoms with Gasteiger partial charge in [-0.25, -0.2) is 4.98 Å². The largest absolute Gasteiger partial charge is 0.485 e. The summed E-state index contributed by atoms with van der Waals surface area (Å²) in [6.45, 7) is 3.55. The predicted molar refractivity (Wildman–Crippen MR) is 104 cm³/mol. The first kappa shape index (κ1) is 19.2. The minimum Gasteiger partial charge on any atom is -0.485 e. The third kappa shape index (κ3) is 4.77. The minimum atomic E-state index is -0.0122. The van der Waals surface area contributed by atoms with Crippen LogP contribution in [0.5, 0.6) is 5.75 Å². The van der Waals surface area contributed by atoms with Crippen LogP contribution in [0.25, 0.3) is 6.08 Å². The summed E-state index contributed by atoms with van der Waals surface area (Å²) >= 11 is 6.21. The van der Waals surface area contributed by atoms with Gasteiger partial charge in [-0.2, -0.15) is 0 Å². The smallest absolute Gasteiger partial charge is 0.225 e. The SMILES string of the molecule is CN[C@@H](C)CC=Cc1cnc(Cl)c(O[C@@H]2CCN(C(=O)C3CCC3)C2)c1. The van der Waals surface area contributed by atoms with Gasteiger partial charge in [-0.3, -0.25) is 4.79 Å². The number of likely N-dealkylation sites (tertiary alicyclic amines) is 1. The molecule has 142 valence electrons. The Labute approximate surface area is 160 Å². The first-order valence-corrected chi connectivity index (χ1v) is 9.89. The number of hydrogen-bond donors (Lipinski definition) is 1. The van der Waals surface area contributed by atoms with Crippen molar-refractivity contribution < 1.29 is 9.53 Å². The lowest BCUT2D eigenvalue weighted by Gasteiger charge is -2.29. The van der Waals surface area contributed by atoms with Gasteiger partial charge in [0.25, 0.3) is 0 Å². The van der Waals surface area contributed by atoms with E-state index in [2.05, 4.69) is 23.3 Å². The molecule has 2 atom stereocenters. The number of rotatable bonds is 7. The van der Waals surface area contributed by atoms with Crippen LogP contribution < -0.4 is 10.1 Å². The van der Waals surface area contributed by atoms with Gasteiger partial charge >= 0.3 is 0 Å². The molecule has 1 aliphatic heterocycles. The van der Waals surface area contributed by atoms with Gasteiger partial charge < -0.3 is 15.0 Å². The van der Waals surface area contributed by atoms with E-state index in [1.54, 1.807) is 6.20 Å². The zero-order chi connectivity index (χ0) is 18.5. The molecule has 0 bridgehead atoms. The second-order valence-corrected chi connectivity index (χ2v) is 7.68. The molecule has 1 saturated heterocycles. The van der Waals surface area contributed by atoms with Crippen molar-refractivity contribution in [2.45, 2.75) is 51.2 Å². The summed E-state index contributed by atoms with van der Waals surface area (Å²) < 4.78 is 6.07. The van der Waals surface area contributed by atoms with Crippen LogP contribution in [0.15, 0.2) is 18.3 Å². The molecular formula is C20H28ClN3O2. The van der Waals surface area contributed by atoms with Gasteiger partial charge in [0, 0.05) is 31.1 Å². The van der Waals surface area contributed by atoms with E-state index in [-0.39, 0.29) is 12.0 Å². The molecule has 26 heavy (non-hydrogen) atoms. The van der Waals surface area contributed by atoms with Crippen LogP contribution in [0.1, 0.15) is 44.6 Å². The Kier molecular flexibility index (Phi) is 6.54. The molecule has 0 spiro atoms. The summed E-state index contributed by atoms with van der Waals surface area (Å²) in [5, 5.41) is 3.57. The Morgan fingerprint density at radius 2 is 2.31 bits per heavy atom. The van der Waals surface area contributed by atoms with E-state index in [0.717, 1.165) is 37.8 Å². The number of carbonyl (C=O) groups is 1. The van der Waals surface area contributed by atoms with Crippen molar-refractivity contribution >= 4 is 23.6 Å². The average molecular weight is 378 g/mol. The third-order valence-corrected chi connectivity index (χ3v) is 5.61. The molecule has 2 fully saturated rings. The van der Waals surface area contributed by atoms with Crippen LogP contribution in [0.3, 0.4) is 0 Å². The molecule has 1 aromatic heterocycles. The Hall–Kier alpha value is -1.59. The lowest BCUT2D eigenvalue weighted by Crippen LogP contribution is -2.38. The fourth-order valence-electron chi connectivity index (χ4n) is 3.26. The van der Waals surface area contributed by atoms with E-state index in [1.165, 1.54) is 6.42 Å². The van der Waals surface area contributed by atoms with Crippen molar-refractivity contribution in [3.8, 4) is 5.75 Å². The van der Waals surface area contributed by atoms with Gasteiger partial charge in [0.2, 0.25) is 5.91 Å². The number of aromatic nitrogens is 1. The maximum Gasteiger partial charge on any atom is 0.225 e. The molecule has 5 nitrogen and oxygen atoms in total. The van der Waals surface area contributed by atoms with Crippen LogP contribution in [-0.4, -0.2) is 48.1 Å². The molecule has 1 saturated carbocycles. The lowest BCUT2D eigenvalue weighted by atomic mass is 9.84. The van der Waals surface area contributed by atoms with Gasteiger partial charge in [-0.15, -0.1) is 0 Å². The van der Waals surface area contributed by atoms with Gasteiger partial charge in [0.05, 0.1) is 6.54 Å². The molecule has 0 aromatic carbocycles. The van der Waals surface area contributed by atoms with Gasteiger partial charge in [-0.1, -0.05) is 30.2 Å². The van der Waals surface area contributed by atoms with E-state index in [0.29, 0.717) is 29.4 Å². The normalized spacial score (nSPS) is 21.8. The quantitative estimate of drug-likeness (QED) is 0.738. The zero-order valence-corrected chi connectivity index (χ0v) is 16.3. The van der Waals surface area contributed by atoms with Crippen molar-refractivity contribution in [2.24, 2.45) is 5.92 Å². The Bertz CT molecular complexity index is 660. The van der Waals surface area contributed by atoms with Crippen LogP contribution in [-0.2, 0) is 4.79 Å². The highest BCUT2D eigenvalue weighted by atomic mass is 35.5. The molecule has 0 unspecified atom stereocenters. The summed E-state index contributed by atoms with van der Waals surface area (Å²) in [5.41, 5.74) is 0.966. The number of hydrogen-bond acceptors (Lipinski definition) is 4. The van der Waals surface area contributed by atoms with Crippen molar-refractivity contribution in [1.29, 1.82) is 0 Å². The van der Waals surface area contributed by atoms with E-state index < -0.39 is 0 Å². The zero-order valence-electron chi connectivity index (χ0n) is 15.6. The Morgan fingerprint density at radius 1 is 1.50 bits per heavy atom. The fourth-order valence-corrected chi connectivity index (χ4v) is 3.41. The maximum atomic E-state index is 12.4. The molecule has 1 N–H and O–H groups in total. The summed E-state index contributed by atoms with van der Waals surface area (Å²) in [5.74, 6) is 1.13. The van der Waals surface area contributed by atoms with E-state index in [1.807, 2.05) is 24.1 Å². The number of nitrogens with zero attached hydrogens (tertiary/aromatic N) is 2. The van der Waals surface area contributed by atoms with Gasteiger partial charge in [-0.05, 0) is 44.9 Å². The number of pyridine rings is 1. The van der Waals surface area contributed by atoms with Crippen molar-refractivity contribution in [3.63, 3.8) is 0 Å². The molecule has 1 aromatic rings. The molecule has 2 heterocycles. The number of amides is 1. The highest BCUT2D eigenvalue weighted by molar-refractivity contribution is 6.30. The first-order chi connectivity index (χ1) is 12.6. The first-order valence-electron chi connectivity index (χ1n) is 9.51. The van der Waals surface area contributed by atoms with E-state index >= 15 is 0 Å². The molecule has 1 aliphatic carbocycles. The predicted octanol–water partition coefficient (Wildman–Crippen LogP) is 3.53. The molecule has 6 heteroatoms. The van der Waals surface area contributed by atoms with Crippen LogP contribution >= 0.6 is 11.6 Å². The average Bonchev–Trinajstić information content (AvgIpc) is 3.04. The van der Waals surface area contributed by atoms with Crippen LogP contribution in [0.2, 0.25) is 5.15 Å². The number of ether oxygens (including phenoxy) is 1. The van der Waals surface area contributed by atoms with Crippen molar-refractivity contribution in [3.05, 3.63) is 29.1 Å². The topological polar surface area (TPSA) is 54.5 Å². The van der Waals surface area contributed by atoms with Crippen molar-refractivity contribution in [1.82, 2.24) is 15.2 Å². The van der Waals surface area contributed by atoms with E-state index in [4.69, 9.17) is 16.3 Å². The summed E-state index contributed by atoms with van der Waals surface area (Å²) in [6, 6.07) is 2.35. The summed E-state index contributed by atoms with van der Waals surface area (Å²) in [6.07, 6.45) is 10.9. The van der Waals surface area contributed by atoms with Crippen LogP contribution in [0, 0.1) is 5.92 Å². The van der Waals surface area contributed by atoms with Crippen LogP contribution in [0.4, 0.5) is 0 Å². The minimum absolute atomic E-state index is 0.0122. The Morgan fingerprint density at radius 3 is 3.00 bits per heavy atom. The highest BCUT2D eigenvalue weighted by Gasteiger charge is 2.34. The monoisotopic (exact) mass is 377 g/mol. The molecule has 3 rings (SSSR count). The van der Waals surface area contributed by atoms with Gasteiger partial charge in [0.1, 0.15) is 6.10 Å². The summed E-state index contributed by atoms with van der Waals surface area (Å²) in [7, 11) is 1.95. The van der Waals surface area contributed by atoms with E-state index in [9.17, 15) is 4.79 Å². The number of nitrogens with one attached hydrogen (secondary N) is 1. The second kappa shape index (κ2) is 8.87. The Balaban J connectivity index is 1.57. The lowest BCUT2D eigenvalue weighted by molar-refractivity contribution is -0.137. The highest BCUT2D eigenvalue weighted by Crippen LogP contribution is 2.31. The number of carbonyl (C=O) groups excluding carboxylic acids is 1. The molecule has 0 radical (unpaired) electrons. The second-order valence-electron chi connectivity index (χ2n) is 7.33. The standard InChI is InChI=1S/C20H28ClN3O2/c1-14(22-2)5-3-6-15-11-18(19(21)23-12-15)26-17-9-10-24(13-17)20(25)16-7-4-8-16/h3,6,11-12,14,16-17,22H,4-5,7-10,13H2,1-2H3/t14-,17+/m0/s1. The van der Waals surface area contributed by atoms with Gasteiger partial charge in [0.15, 0.2) is 10.9 Å². The number of halogens is 1. The summed E-state index contributed by atoms with van der Waals surface area (Å²) in [4.78, 5) is 18.5. The molecular weight excluding hydrogens is 350 g/mol. The maximum absolute atomic E-state index is 12.4. The van der Waals surface area contributed by atoms with Crippen molar-refractivity contribution in [2.75, 3.05) is 20.1 Å². The fraction of sp³-hybridized carbons (Fsp3) is 0.600. The third-order valence-electron chi connectivity index (χ3n) is 5.33. The molecule has 1 amide bonds. The molecule has 2 aliphatic rings.